The van der Waals surface area contributed by atoms with E-state index in [0.29, 0.717) is 31.1 Å². The molecule has 0 radical (unpaired) electrons. The van der Waals surface area contributed by atoms with Gasteiger partial charge in [0.05, 0.1) is 30.9 Å². The highest BCUT2D eigenvalue weighted by atomic mass is 32.2. The second-order valence-electron chi connectivity index (χ2n) is 7.58. The molecule has 8 nitrogen and oxygen atoms in total. The summed E-state index contributed by atoms with van der Waals surface area (Å²) in [4.78, 5) is 13.1. The van der Waals surface area contributed by atoms with Crippen LogP contribution in [0.15, 0.2) is 41.3 Å². The highest BCUT2D eigenvalue weighted by Crippen LogP contribution is 2.30. The van der Waals surface area contributed by atoms with Gasteiger partial charge in [0.25, 0.3) is 5.91 Å². The van der Waals surface area contributed by atoms with E-state index in [1.807, 2.05) is 39.0 Å². The molecule has 174 valence electrons. The number of carbonyl (C=O) groups is 1. The fourth-order valence-electron chi connectivity index (χ4n) is 3.42. The number of nitrogens with zero attached hydrogens (tertiary/aromatic N) is 1. The van der Waals surface area contributed by atoms with Crippen LogP contribution in [0.5, 0.6) is 11.5 Å². The molecule has 2 aromatic carbocycles. The lowest BCUT2D eigenvalue weighted by Gasteiger charge is -2.26. The molecule has 2 aromatic rings. The molecule has 9 heteroatoms. The van der Waals surface area contributed by atoms with E-state index in [1.54, 1.807) is 0 Å². The Labute approximate surface area is 189 Å². The Morgan fingerprint density at radius 3 is 2.53 bits per heavy atom. The van der Waals surface area contributed by atoms with E-state index in [4.69, 9.17) is 14.2 Å². The molecule has 1 fully saturated rings. The average molecular weight is 463 g/mol. The lowest BCUT2D eigenvalue weighted by atomic mass is 10.1. The Balaban J connectivity index is 1.83. The first-order chi connectivity index (χ1) is 15.3. The van der Waals surface area contributed by atoms with Crippen LogP contribution in [0.25, 0.3) is 0 Å². The number of morpholine rings is 1. The molecular weight excluding hydrogens is 432 g/mol. The van der Waals surface area contributed by atoms with Gasteiger partial charge in [0.2, 0.25) is 10.0 Å². The minimum atomic E-state index is -3.71. The fourth-order valence-corrected chi connectivity index (χ4v) is 4.86. The summed E-state index contributed by atoms with van der Waals surface area (Å²) in [5.41, 5.74) is 2.31. The molecule has 32 heavy (non-hydrogen) atoms. The van der Waals surface area contributed by atoms with E-state index in [2.05, 4.69) is 5.32 Å². The van der Waals surface area contributed by atoms with Crippen LogP contribution in [0, 0.1) is 13.8 Å². The molecule has 3 rings (SSSR count). The molecule has 1 heterocycles. The maximum Gasteiger partial charge on any atom is 0.265 e. The number of hydrogen-bond acceptors (Lipinski definition) is 6. The monoisotopic (exact) mass is 462 g/mol. The molecule has 0 spiro atoms. The average Bonchev–Trinajstić information content (AvgIpc) is 2.80. The molecule has 0 aromatic heterocycles. The van der Waals surface area contributed by atoms with Crippen molar-refractivity contribution >= 4 is 21.6 Å². The van der Waals surface area contributed by atoms with Crippen molar-refractivity contribution < 1.29 is 27.4 Å². The van der Waals surface area contributed by atoms with Gasteiger partial charge in [0.15, 0.2) is 6.10 Å². The van der Waals surface area contributed by atoms with Crippen LogP contribution in [0.4, 0.5) is 5.69 Å². The SMILES string of the molecule is CC[C@@H](Oc1cccc(C)c1C)C(=O)Nc1cc(S(=O)(=O)N2CCOCC2)ccc1OC. The summed E-state index contributed by atoms with van der Waals surface area (Å²) < 4.78 is 44.0. The van der Waals surface area contributed by atoms with Gasteiger partial charge in [-0.1, -0.05) is 19.1 Å². The van der Waals surface area contributed by atoms with Gasteiger partial charge in [-0.25, -0.2) is 8.42 Å². The summed E-state index contributed by atoms with van der Waals surface area (Å²) in [7, 11) is -2.25. The molecule has 1 saturated heterocycles. The molecule has 0 saturated carbocycles. The standard InChI is InChI=1S/C23H30N2O6S/c1-5-20(31-21-8-6-7-16(2)17(21)3)23(26)24-19-15-18(9-10-22(19)29-4)32(27,28)25-11-13-30-14-12-25/h6-10,15,20H,5,11-14H2,1-4H3,(H,24,26)/t20-/m1/s1. The quantitative estimate of drug-likeness (QED) is 0.648. The zero-order valence-electron chi connectivity index (χ0n) is 18.9. The van der Waals surface area contributed by atoms with Crippen LogP contribution < -0.4 is 14.8 Å². The second kappa shape index (κ2) is 10.3. The maximum absolute atomic E-state index is 13.0. The summed E-state index contributed by atoms with van der Waals surface area (Å²) in [6.45, 7) is 7.06. The normalized spacial score (nSPS) is 15.8. The van der Waals surface area contributed by atoms with E-state index in [1.165, 1.54) is 29.6 Å². The minimum absolute atomic E-state index is 0.0824. The summed E-state index contributed by atoms with van der Waals surface area (Å²) >= 11 is 0. The van der Waals surface area contributed by atoms with Crippen molar-refractivity contribution in [2.45, 2.75) is 38.2 Å². The third kappa shape index (κ3) is 5.23. The predicted molar refractivity (Wildman–Crippen MR) is 122 cm³/mol. The van der Waals surface area contributed by atoms with Crippen LogP contribution >= 0.6 is 0 Å². The number of nitrogens with one attached hydrogen (secondary N) is 1. The molecule has 1 atom stereocenters. The molecule has 0 bridgehead atoms. The zero-order chi connectivity index (χ0) is 23.3. The van der Waals surface area contributed by atoms with Gasteiger partial charge in [0, 0.05) is 13.1 Å². The maximum atomic E-state index is 13.0. The molecule has 0 aliphatic carbocycles. The Morgan fingerprint density at radius 1 is 1.16 bits per heavy atom. The number of aryl methyl sites for hydroxylation is 1. The highest BCUT2D eigenvalue weighted by Gasteiger charge is 2.28. The summed E-state index contributed by atoms with van der Waals surface area (Å²) in [6, 6.07) is 10.1. The lowest BCUT2D eigenvalue weighted by Crippen LogP contribution is -2.40. The first-order valence-corrected chi connectivity index (χ1v) is 12.0. The molecule has 1 aliphatic rings. The lowest BCUT2D eigenvalue weighted by molar-refractivity contribution is -0.122. The predicted octanol–water partition coefficient (Wildman–Crippen LogP) is 3.13. The number of anilines is 1. The number of carbonyl (C=O) groups excluding carboxylic acids is 1. The van der Waals surface area contributed by atoms with Crippen LogP contribution in [-0.2, 0) is 19.6 Å². The Hall–Kier alpha value is -2.62. The third-order valence-electron chi connectivity index (χ3n) is 5.52. The van der Waals surface area contributed by atoms with Gasteiger partial charge >= 0.3 is 0 Å². The van der Waals surface area contributed by atoms with Crippen LogP contribution in [-0.4, -0.2) is 58.1 Å². The highest BCUT2D eigenvalue weighted by molar-refractivity contribution is 7.89. The van der Waals surface area contributed by atoms with E-state index in [0.717, 1.165) is 11.1 Å². The largest absolute Gasteiger partial charge is 0.495 e. The third-order valence-corrected chi connectivity index (χ3v) is 7.42. The van der Waals surface area contributed by atoms with E-state index in [-0.39, 0.29) is 29.6 Å². The van der Waals surface area contributed by atoms with Gasteiger partial charge in [-0.3, -0.25) is 4.79 Å². The van der Waals surface area contributed by atoms with Gasteiger partial charge < -0.3 is 19.5 Å². The van der Waals surface area contributed by atoms with Crippen LogP contribution in [0.1, 0.15) is 24.5 Å². The number of amides is 1. The molecule has 1 aliphatic heterocycles. The molecule has 0 unspecified atom stereocenters. The number of methoxy groups -OCH3 is 1. The van der Waals surface area contributed by atoms with Gasteiger partial charge in [-0.15, -0.1) is 0 Å². The van der Waals surface area contributed by atoms with Crippen LogP contribution in [0.3, 0.4) is 0 Å². The Kier molecular flexibility index (Phi) is 7.76. The van der Waals surface area contributed by atoms with Gasteiger partial charge in [0.1, 0.15) is 11.5 Å². The number of sulfonamides is 1. The van der Waals surface area contributed by atoms with Gasteiger partial charge in [-0.05, 0) is 55.7 Å². The van der Waals surface area contributed by atoms with Crippen molar-refractivity contribution in [2.24, 2.45) is 0 Å². The smallest absolute Gasteiger partial charge is 0.265 e. The van der Waals surface area contributed by atoms with E-state index in [9.17, 15) is 13.2 Å². The summed E-state index contributed by atoms with van der Waals surface area (Å²) in [6.07, 6.45) is -0.312. The Bertz CT molecular complexity index is 1060. The summed E-state index contributed by atoms with van der Waals surface area (Å²) in [5.74, 6) is 0.621. The van der Waals surface area contributed by atoms with Crippen molar-refractivity contribution in [3.63, 3.8) is 0 Å². The Morgan fingerprint density at radius 2 is 1.88 bits per heavy atom. The number of rotatable bonds is 8. The van der Waals surface area contributed by atoms with E-state index < -0.39 is 16.1 Å². The van der Waals surface area contributed by atoms with Crippen molar-refractivity contribution in [3.05, 3.63) is 47.5 Å². The first kappa shape index (κ1) is 24.0. The van der Waals surface area contributed by atoms with Crippen molar-refractivity contribution in [1.82, 2.24) is 4.31 Å². The van der Waals surface area contributed by atoms with Gasteiger partial charge in [-0.2, -0.15) is 4.31 Å². The second-order valence-corrected chi connectivity index (χ2v) is 9.52. The topological polar surface area (TPSA) is 94.2 Å². The fraction of sp³-hybridized carbons (Fsp3) is 0.435. The minimum Gasteiger partial charge on any atom is -0.495 e. The first-order valence-electron chi connectivity index (χ1n) is 10.6. The number of hydrogen-bond donors (Lipinski definition) is 1. The zero-order valence-corrected chi connectivity index (χ0v) is 19.7. The van der Waals surface area contributed by atoms with Crippen molar-refractivity contribution in [2.75, 3.05) is 38.7 Å². The molecule has 1 amide bonds. The van der Waals surface area contributed by atoms with Crippen molar-refractivity contribution in [1.29, 1.82) is 0 Å². The number of benzene rings is 2. The summed E-state index contributed by atoms with van der Waals surface area (Å²) in [5, 5.41) is 2.79. The van der Waals surface area contributed by atoms with Crippen molar-refractivity contribution in [3.8, 4) is 11.5 Å². The van der Waals surface area contributed by atoms with Crippen LogP contribution in [0.2, 0.25) is 0 Å². The molecular formula is C23H30N2O6S. The number of ether oxygens (including phenoxy) is 3. The van der Waals surface area contributed by atoms with E-state index >= 15 is 0 Å². The molecule has 1 N–H and O–H groups in total.